The van der Waals surface area contributed by atoms with Crippen molar-refractivity contribution < 1.29 is 13.9 Å². The maximum absolute atomic E-state index is 14.4. The van der Waals surface area contributed by atoms with E-state index in [4.69, 9.17) is 9.72 Å². The number of benzene rings is 3. The van der Waals surface area contributed by atoms with Crippen LogP contribution in [0.1, 0.15) is 42.1 Å². The number of aryl methyl sites for hydroxylation is 3. The first-order chi connectivity index (χ1) is 17.0. The van der Waals surface area contributed by atoms with Crippen LogP contribution in [-0.2, 0) is 11.3 Å². The van der Waals surface area contributed by atoms with Gasteiger partial charge in [0.05, 0.1) is 23.3 Å². The van der Waals surface area contributed by atoms with Crippen LogP contribution in [-0.4, -0.2) is 28.6 Å². The van der Waals surface area contributed by atoms with E-state index in [9.17, 15) is 9.18 Å². The fraction of sp³-hybridized carbons (Fsp3) is 0.310. The number of ether oxygens (including phenoxy) is 1. The van der Waals surface area contributed by atoms with Crippen molar-refractivity contribution in [1.82, 2.24) is 9.55 Å². The SMILES string of the molecule is Cc1ccc(C)c(OCCCCn2c(C3CC(=O)N(c4ccccc4F)C3)nc3ccccc32)c1. The summed E-state index contributed by atoms with van der Waals surface area (Å²) in [5.74, 6) is 1.31. The Morgan fingerprint density at radius 1 is 1.03 bits per heavy atom. The largest absolute Gasteiger partial charge is 0.493 e. The zero-order chi connectivity index (χ0) is 24.4. The number of anilines is 1. The summed E-state index contributed by atoms with van der Waals surface area (Å²) in [5, 5.41) is 0. The van der Waals surface area contributed by atoms with Gasteiger partial charge in [-0.3, -0.25) is 4.79 Å². The van der Waals surface area contributed by atoms with E-state index in [0.717, 1.165) is 47.6 Å². The predicted molar refractivity (Wildman–Crippen MR) is 136 cm³/mol. The summed E-state index contributed by atoms with van der Waals surface area (Å²) >= 11 is 0. The minimum Gasteiger partial charge on any atom is -0.493 e. The first-order valence-corrected chi connectivity index (χ1v) is 12.2. The number of carbonyl (C=O) groups is 1. The van der Waals surface area contributed by atoms with Gasteiger partial charge in [0.2, 0.25) is 5.91 Å². The number of halogens is 1. The van der Waals surface area contributed by atoms with Crippen LogP contribution in [0.4, 0.5) is 10.1 Å². The Labute approximate surface area is 205 Å². The third-order valence-electron chi connectivity index (χ3n) is 6.69. The van der Waals surface area contributed by atoms with Gasteiger partial charge in [-0.15, -0.1) is 0 Å². The molecule has 1 fully saturated rings. The second-order valence-electron chi connectivity index (χ2n) is 9.29. The topological polar surface area (TPSA) is 47.4 Å². The molecule has 1 saturated heterocycles. The Kier molecular flexibility index (Phi) is 6.53. The molecule has 6 heteroatoms. The van der Waals surface area contributed by atoms with Gasteiger partial charge in [0.1, 0.15) is 17.4 Å². The van der Waals surface area contributed by atoms with Gasteiger partial charge in [-0.1, -0.05) is 36.4 Å². The van der Waals surface area contributed by atoms with Crippen LogP contribution in [0.25, 0.3) is 11.0 Å². The van der Waals surface area contributed by atoms with Crippen LogP contribution in [0.5, 0.6) is 5.75 Å². The lowest BCUT2D eigenvalue weighted by Gasteiger charge is -2.18. The molecule has 0 radical (unpaired) electrons. The van der Waals surface area contributed by atoms with E-state index in [0.29, 0.717) is 25.3 Å². The molecule has 35 heavy (non-hydrogen) atoms. The molecular weight excluding hydrogens is 441 g/mol. The molecular formula is C29H30FN3O2. The summed E-state index contributed by atoms with van der Waals surface area (Å²) in [6.07, 6.45) is 2.16. The van der Waals surface area contributed by atoms with Crippen molar-refractivity contribution in [2.75, 3.05) is 18.1 Å². The van der Waals surface area contributed by atoms with Crippen molar-refractivity contribution >= 4 is 22.6 Å². The summed E-state index contributed by atoms with van der Waals surface area (Å²) in [5.41, 5.74) is 4.66. The number of nitrogens with zero attached hydrogens (tertiary/aromatic N) is 3. The van der Waals surface area contributed by atoms with E-state index in [1.807, 2.05) is 18.2 Å². The van der Waals surface area contributed by atoms with Crippen molar-refractivity contribution in [3.8, 4) is 5.75 Å². The highest BCUT2D eigenvalue weighted by molar-refractivity contribution is 5.96. The van der Waals surface area contributed by atoms with E-state index in [2.05, 4.69) is 42.7 Å². The zero-order valence-corrected chi connectivity index (χ0v) is 20.2. The molecule has 0 N–H and O–H groups in total. The molecule has 1 aromatic heterocycles. The minimum atomic E-state index is -0.376. The fourth-order valence-corrected chi connectivity index (χ4v) is 4.84. The van der Waals surface area contributed by atoms with Crippen molar-refractivity contribution in [2.24, 2.45) is 0 Å². The van der Waals surface area contributed by atoms with Crippen LogP contribution >= 0.6 is 0 Å². The molecule has 1 aliphatic rings. The van der Waals surface area contributed by atoms with E-state index >= 15 is 0 Å². The van der Waals surface area contributed by atoms with Crippen LogP contribution in [0, 0.1) is 19.7 Å². The van der Waals surface area contributed by atoms with Crippen molar-refractivity contribution in [3.63, 3.8) is 0 Å². The molecule has 1 amide bonds. The molecule has 0 aliphatic carbocycles. The molecule has 5 rings (SSSR count). The number of rotatable bonds is 8. The maximum Gasteiger partial charge on any atom is 0.227 e. The molecule has 180 valence electrons. The standard InChI is InChI=1S/C29H30FN3O2/c1-20-13-14-21(2)27(17-20)35-16-8-7-15-32-26-12-6-4-10-24(26)31-29(32)22-18-28(34)33(19-22)25-11-5-3-9-23(25)30/h3-6,9-14,17,22H,7-8,15-16,18-19H2,1-2H3. The Balaban J connectivity index is 1.30. The first-order valence-electron chi connectivity index (χ1n) is 12.2. The number of amides is 1. The van der Waals surface area contributed by atoms with Crippen molar-refractivity contribution in [1.29, 1.82) is 0 Å². The summed E-state index contributed by atoms with van der Waals surface area (Å²) in [7, 11) is 0. The molecule has 0 spiro atoms. The van der Waals surface area contributed by atoms with E-state index in [-0.39, 0.29) is 17.6 Å². The third kappa shape index (κ3) is 4.78. The second-order valence-corrected chi connectivity index (χ2v) is 9.29. The summed E-state index contributed by atoms with van der Waals surface area (Å²) < 4.78 is 22.6. The molecule has 3 aromatic carbocycles. The third-order valence-corrected chi connectivity index (χ3v) is 6.69. The van der Waals surface area contributed by atoms with Gasteiger partial charge < -0.3 is 14.2 Å². The van der Waals surface area contributed by atoms with Crippen LogP contribution < -0.4 is 9.64 Å². The summed E-state index contributed by atoms with van der Waals surface area (Å²) in [4.78, 5) is 19.3. The van der Waals surface area contributed by atoms with Crippen LogP contribution in [0.15, 0.2) is 66.7 Å². The lowest BCUT2D eigenvalue weighted by molar-refractivity contribution is -0.117. The average molecular weight is 472 g/mol. The maximum atomic E-state index is 14.4. The monoisotopic (exact) mass is 471 g/mol. The Hall–Kier alpha value is -3.67. The lowest BCUT2D eigenvalue weighted by Crippen LogP contribution is -2.25. The smallest absolute Gasteiger partial charge is 0.227 e. The van der Waals surface area contributed by atoms with Gasteiger partial charge in [-0.05, 0) is 68.1 Å². The van der Waals surface area contributed by atoms with E-state index < -0.39 is 0 Å². The quantitative estimate of drug-likeness (QED) is 0.289. The van der Waals surface area contributed by atoms with Crippen molar-refractivity contribution in [2.45, 2.75) is 45.6 Å². The minimum absolute atomic E-state index is 0.0689. The van der Waals surface area contributed by atoms with Crippen LogP contribution in [0.2, 0.25) is 0 Å². The van der Waals surface area contributed by atoms with E-state index in [1.165, 1.54) is 11.6 Å². The number of unbranched alkanes of at least 4 members (excludes halogenated alkanes) is 1. The highest BCUT2D eigenvalue weighted by atomic mass is 19.1. The number of imidazole rings is 1. The number of aromatic nitrogens is 2. The number of carbonyl (C=O) groups excluding carboxylic acids is 1. The van der Waals surface area contributed by atoms with Gasteiger partial charge in [-0.2, -0.15) is 0 Å². The molecule has 0 bridgehead atoms. The molecule has 2 heterocycles. The van der Waals surface area contributed by atoms with Crippen LogP contribution in [0.3, 0.4) is 0 Å². The lowest BCUT2D eigenvalue weighted by atomic mass is 10.1. The van der Waals surface area contributed by atoms with Gasteiger partial charge >= 0.3 is 0 Å². The fourth-order valence-electron chi connectivity index (χ4n) is 4.84. The van der Waals surface area contributed by atoms with E-state index in [1.54, 1.807) is 23.1 Å². The number of hydrogen-bond donors (Lipinski definition) is 0. The molecule has 5 nitrogen and oxygen atoms in total. The first kappa shape index (κ1) is 23.1. The van der Waals surface area contributed by atoms with Gasteiger partial charge in [0.15, 0.2) is 0 Å². The summed E-state index contributed by atoms with van der Waals surface area (Å²) in [6.45, 7) is 6.00. The Morgan fingerprint density at radius 3 is 2.69 bits per heavy atom. The predicted octanol–water partition coefficient (Wildman–Crippen LogP) is 6.17. The summed E-state index contributed by atoms with van der Waals surface area (Å²) in [6, 6.07) is 20.8. The zero-order valence-electron chi connectivity index (χ0n) is 20.2. The van der Waals surface area contributed by atoms with Gasteiger partial charge in [0, 0.05) is 25.4 Å². The van der Waals surface area contributed by atoms with Gasteiger partial charge in [-0.25, -0.2) is 9.37 Å². The number of para-hydroxylation sites is 3. The molecule has 1 unspecified atom stereocenters. The Morgan fingerprint density at radius 2 is 1.83 bits per heavy atom. The second kappa shape index (κ2) is 9.90. The molecule has 1 atom stereocenters. The Bertz CT molecular complexity index is 1360. The number of hydrogen-bond acceptors (Lipinski definition) is 3. The molecule has 0 saturated carbocycles. The highest BCUT2D eigenvalue weighted by Crippen LogP contribution is 2.34. The average Bonchev–Trinajstić information content (AvgIpc) is 3.42. The normalized spacial score (nSPS) is 15.8. The molecule has 4 aromatic rings. The molecule has 1 aliphatic heterocycles. The highest BCUT2D eigenvalue weighted by Gasteiger charge is 2.35. The number of fused-ring (bicyclic) bond motifs is 1. The van der Waals surface area contributed by atoms with Crippen molar-refractivity contribution in [3.05, 3.63) is 89.5 Å². The van der Waals surface area contributed by atoms with Gasteiger partial charge in [0.25, 0.3) is 0 Å².